The number of fused-ring (bicyclic) bond motifs is 4. The first-order valence-corrected chi connectivity index (χ1v) is 22.7. The van der Waals surface area contributed by atoms with Crippen LogP contribution >= 0.6 is 0 Å². The van der Waals surface area contributed by atoms with Gasteiger partial charge in [-0.1, -0.05) is 6.07 Å². The molecule has 3 amide bonds. The van der Waals surface area contributed by atoms with Crippen molar-refractivity contribution in [3.8, 4) is 0 Å². The van der Waals surface area contributed by atoms with Crippen LogP contribution in [0.4, 0.5) is 26.0 Å². The summed E-state index contributed by atoms with van der Waals surface area (Å²) in [5.74, 6) is -0.195. The summed E-state index contributed by atoms with van der Waals surface area (Å²) in [6, 6.07) is 6.88. The summed E-state index contributed by atoms with van der Waals surface area (Å²) in [6.45, 7) is 7.10. The van der Waals surface area contributed by atoms with E-state index in [-0.39, 0.29) is 53.9 Å². The van der Waals surface area contributed by atoms with E-state index in [2.05, 4.69) is 40.4 Å². The highest BCUT2D eigenvalue weighted by atomic mass is 19.3. The first kappa shape index (κ1) is 41.9. The average Bonchev–Trinajstić information content (AvgIpc) is 4.14. The van der Waals surface area contributed by atoms with E-state index in [4.69, 9.17) is 9.72 Å². The third-order valence-electron chi connectivity index (χ3n) is 14.6. The van der Waals surface area contributed by atoms with Crippen molar-refractivity contribution in [3.05, 3.63) is 64.6 Å². The number of aromatic nitrogens is 7. The maximum Gasteiger partial charge on any atom is 0.329 e. The van der Waals surface area contributed by atoms with Crippen molar-refractivity contribution >= 4 is 51.6 Å². The number of para-hydroxylation sites is 1. The lowest BCUT2D eigenvalue weighted by atomic mass is 9.85. The number of alkyl halides is 2. The van der Waals surface area contributed by atoms with E-state index in [1.165, 1.54) is 21.5 Å². The minimum atomic E-state index is -2.87. The monoisotopic (exact) mass is 897 g/mol. The van der Waals surface area contributed by atoms with Crippen molar-refractivity contribution in [1.29, 1.82) is 0 Å². The van der Waals surface area contributed by atoms with Crippen molar-refractivity contribution in [2.75, 3.05) is 80.6 Å². The molecule has 0 spiro atoms. The number of piperidine rings is 1. The highest BCUT2D eigenvalue weighted by Crippen LogP contribution is 2.38. The normalized spacial score (nSPS) is 26.1. The molecule has 9 heterocycles. The van der Waals surface area contributed by atoms with Gasteiger partial charge in [-0.15, -0.1) is 0 Å². The maximum absolute atomic E-state index is 14.3. The van der Waals surface area contributed by atoms with Gasteiger partial charge in [0.25, 0.3) is 12.3 Å². The van der Waals surface area contributed by atoms with Gasteiger partial charge in [0.2, 0.25) is 11.8 Å². The Hall–Kier alpha value is -5.77. The van der Waals surface area contributed by atoms with Crippen LogP contribution in [0.5, 0.6) is 0 Å². The number of benzene rings is 1. The summed E-state index contributed by atoms with van der Waals surface area (Å²) in [7, 11) is 1.68. The van der Waals surface area contributed by atoms with Gasteiger partial charge in [-0.3, -0.25) is 38.4 Å². The zero-order valence-corrected chi connectivity index (χ0v) is 36.2. The van der Waals surface area contributed by atoms with Crippen molar-refractivity contribution < 1.29 is 33.0 Å². The van der Waals surface area contributed by atoms with Crippen molar-refractivity contribution in [2.45, 2.75) is 81.2 Å². The smallest absolute Gasteiger partial charge is 0.329 e. The third-order valence-corrected chi connectivity index (χ3v) is 14.6. The van der Waals surface area contributed by atoms with Crippen molar-refractivity contribution in [3.63, 3.8) is 0 Å². The fraction of sp³-hybridized carbons (Fsp3) is 0.568. The van der Waals surface area contributed by atoms with Crippen molar-refractivity contribution in [2.24, 2.45) is 13.0 Å². The summed E-state index contributed by atoms with van der Waals surface area (Å²) in [5.41, 5.74) is 0.959. The molecule has 1 aromatic carbocycles. The highest BCUT2D eigenvalue weighted by molar-refractivity contribution is 6.08. The molecule has 5 aromatic rings. The molecular formula is C44H53F2N13O6. The number of β-amino-alcohol motifs (C(OH)–C–C–N with tert-alkyl or cyclic N) is 1. The number of aliphatic hydroxyl groups is 1. The number of amides is 3. The molecule has 21 heteroatoms. The number of imide groups is 1. The Morgan fingerprint density at radius 2 is 1.82 bits per heavy atom. The van der Waals surface area contributed by atoms with Gasteiger partial charge in [-0.05, 0) is 62.6 Å². The van der Waals surface area contributed by atoms with Gasteiger partial charge < -0.3 is 29.9 Å². The number of anilines is 3. The standard InChI is InChI=1S/C44H53F2N13O6/c1-52-38-32(3-2-4-33(38)59(43(52)63)34-9-10-36(60)50-42(34)62)55-24-44(64,25-55)23-54-15-13-53(14-16-54)19-26-5-7-27(8-6-26)58-21-31(37(51-58)39(45)46)48-41(61)30-18-47-57-12-11-35(49-40(30)57)56-20-29-17-28(56)22-65-29/h2-4,11-12,18,21,26-29,34,39,64H,5-10,13-17,19-20,22-25H2,1H3,(H,48,61)(H,50,60,62)/t26?,27?,28?,29-,34?/m1/s1. The molecule has 65 heavy (non-hydrogen) atoms. The molecule has 2 unspecified atom stereocenters. The summed E-state index contributed by atoms with van der Waals surface area (Å²) in [5, 5.41) is 25.2. The van der Waals surface area contributed by atoms with E-state index in [0.29, 0.717) is 48.8 Å². The number of hydrogen-bond donors (Lipinski definition) is 3. The van der Waals surface area contributed by atoms with E-state index >= 15 is 0 Å². The molecule has 19 nitrogen and oxygen atoms in total. The van der Waals surface area contributed by atoms with Gasteiger partial charge in [0, 0.05) is 84.8 Å². The Balaban J connectivity index is 0.661. The van der Waals surface area contributed by atoms with E-state index in [0.717, 1.165) is 82.9 Å². The molecule has 6 aliphatic rings. The van der Waals surface area contributed by atoms with Gasteiger partial charge in [-0.2, -0.15) is 10.2 Å². The predicted molar refractivity (Wildman–Crippen MR) is 233 cm³/mol. The number of halogens is 2. The zero-order chi connectivity index (χ0) is 44.7. The van der Waals surface area contributed by atoms with Crippen LogP contribution in [-0.2, 0) is 21.4 Å². The van der Waals surface area contributed by atoms with Crippen LogP contribution < -0.4 is 26.1 Å². The van der Waals surface area contributed by atoms with Gasteiger partial charge in [0.1, 0.15) is 23.0 Å². The molecule has 3 atom stereocenters. The second-order valence-corrected chi connectivity index (χ2v) is 18.9. The Kier molecular flexibility index (Phi) is 10.5. The van der Waals surface area contributed by atoms with E-state index in [1.54, 1.807) is 22.5 Å². The topological polar surface area (TPSA) is 193 Å². The van der Waals surface area contributed by atoms with Gasteiger partial charge in [0.15, 0.2) is 11.3 Å². The SMILES string of the molecule is Cn1c(=O)n(C2CCC(=O)NC2=O)c2cccc(N3CC(O)(CN4CCN(CC5CCC(n6cc(NC(=O)c7cnn8ccc(N9C[C@H]%10CC9CO%10)nc78)c(C(F)F)n6)CC5)CC4)C3)c21. The van der Waals surface area contributed by atoms with Crippen LogP contribution in [0.3, 0.4) is 0 Å². The number of ether oxygens (including phenoxy) is 1. The molecule has 6 fully saturated rings. The van der Waals surface area contributed by atoms with Gasteiger partial charge in [-0.25, -0.2) is 23.1 Å². The van der Waals surface area contributed by atoms with Crippen LogP contribution in [0.15, 0.2) is 47.7 Å². The molecule has 11 rings (SSSR count). The number of carbonyl (C=O) groups is 3. The minimum absolute atomic E-state index is 0.0141. The summed E-state index contributed by atoms with van der Waals surface area (Å²) < 4.78 is 40.5. The Morgan fingerprint density at radius 1 is 1.03 bits per heavy atom. The number of carbonyl (C=O) groups excluding carboxylic acids is 3. The van der Waals surface area contributed by atoms with E-state index in [1.807, 2.05) is 24.3 Å². The first-order chi connectivity index (χ1) is 31.4. The molecule has 1 saturated carbocycles. The number of imidazole rings is 1. The Morgan fingerprint density at radius 3 is 2.54 bits per heavy atom. The van der Waals surface area contributed by atoms with Crippen LogP contribution in [0.1, 0.15) is 79.5 Å². The molecule has 344 valence electrons. The predicted octanol–water partition coefficient (Wildman–Crippen LogP) is 2.32. The fourth-order valence-electron chi connectivity index (χ4n) is 11.2. The molecule has 5 saturated heterocycles. The number of morpholine rings is 1. The second-order valence-electron chi connectivity index (χ2n) is 18.9. The highest BCUT2D eigenvalue weighted by Gasteiger charge is 2.45. The zero-order valence-electron chi connectivity index (χ0n) is 36.2. The largest absolute Gasteiger partial charge is 0.385 e. The Bertz CT molecular complexity index is 2730. The van der Waals surface area contributed by atoms with Crippen LogP contribution in [0, 0.1) is 5.92 Å². The first-order valence-electron chi connectivity index (χ1n) is 22.7. The van der Waals surface area contributed by atoms with E-state index in [9.17, 15) is 33.1 Å². The summed E-state index contributed by atoms with van der Waals surface area (Å²) in [4.78, 5) is 65.2. The second kappa shape index (κ2) is 16.3. The molecule has 0 radical (unpaired) electrons. The average molecular weight is 898 g/mol. The number of nitrogens with zero attached hydrogens (tertiary/aromatic N) is 11. The molecule has 1 aliphatic carbocycles. The van der Waals surface area contributed by atoms with E-state index < -0.39 is 35.6 Å². The Labute approximate surface area is 371 Å². The van der Waals surface area contributed by atoms with Crippen molar-refractivity contribution in [1.82, 2.24) is 48.6 Å². The minimum Gasteiger partial charge on any atom is -0.385 e. The number of hydrogen-bond acceptors (Lipinski definition) is 13. The fourth-order valence-corrected chi connectivity index (χ4v) is 11.2. The lowest BCUT2D eigenvalue weighted by Gasteiger charge is -2.50. The van der Waals surface area contributed by atoms with Gasteiger partial charge in [0.05, 0.1) is 53.4 Å². The molecule has 4 aromatic heterocycles. The number of nitrogens with one attached hydrogen (secondary N) is 2. The number of piperazine rings is 1. The van der Waals surface area contributed by atoms with Crippen LogP contribution in [0.25, 0.3) is 16.7 Å². The third kappa shape index (κ3) is 7.64. The van der Waals surface area contributed by atoms with Gasteiger partial charge >= 0.3 is 5.69 Å². The lowest BCUT2D eigenvalue weighted by molar-refractivity contribution is -0.135. The summed E-state index contributed by atoms with van der Waals surface area (Å²) in [6.07, 6.45) is 6.82. The molecular weight excluding hydrogens is 845 g/mol. The van der Waals surface area contributed by atoms with Crippen LogP contribution in [-0.4, -0.2) is 149 Å². The molecule has 3 N–H and O–H groups in total. The number of aryl methyl sites for hydroxylation is 1. The lowest BCUT2D eigenvalue weighted by Crippen LogP contribution is -2.67. The molecule has 2 bridgehead atoms. The maximum atomic E-state index is 14.3. The quantitative estimate of drug-likeness (QED) is 0.164. The van der Waals surface area contributed by atoms with Crippen LogP contribution in [0.2, 0.25) is 0 Å². The summed E-state index contributed by atoms with van der Waals surface area (Å²) >= 11 is 0. The molecule has 5 aliphatic heterocycles. The number of rotatable bonds is 11.